The SMILES string of the molecule is O=C(O)C1CCCN1C(=O)CCCOc1cccc(Br)c1. The van der Waals surface area contributed by atoms with Crippen molar-refractivity contribution >= 4 is 27.8 Å². The highest BCUT2D eigenvalue weighted by molar-refractivity contribution is 9.10. The van der Waals surface area contributed by atoms with E-state index in [1.807, 2.05) is 24.3 Å². The van der Waals surface area contributed by atoms with Gasteiger partial charge in [0, 0.05) is 17.4 Å². The minimum Gasteiger partial charge on any atom is -0.494 e. The van der Waals surface area contributed by atoms with Gasteiger partial charge in [-0.05, 0) is 37.5 Å². The molecule has 1 amide bonds. The number of carboxylic acids is 1. The summed E-state index contributed by atoms with van der Waals surface area (Å²) in [6.45, 7) is 0.982. The highest BCUT2D eigenvalue weighted by Gasteiger charge is 2.33. The second kappa shape index (κ2) is 7.45. The van der Waals surface area contributed by atoms with Crippen molar-refractivity contribution in [2.45, 2.75) is 31.7 Å². The molecule has 2 rings (SSSR count). The first-order valence-corrected chi connectivity index (χ1v) is 7.78. The molecule has 1 aliphatic heterocycles. The summed E-state index contributed by atoms with van der Waals surface area (Å²) in [7, 11) is 0. The predicted molar refractivity (Wildman–Crippen MR) is 81.2 cm³/mol. The molecule has 1 aliphatic rings. The Morgan fingerprint density at radius 1 is 1.43 bits per heavy atom. The minimum absolute atomic E-state index is 0.0993. The normalized spacial score (nSPS) is 17.8. The maximum Gasteiger partial charge on any atom is 0.326 e. The molecule has 21 heavy (non-hydrogen) atoms. The molecule has 1 fully saturated rings. The molecule has 0 radical (unpaired) electrons. The molecule has 5 nitrogen and oxygen atoms in total. The standard InChI is InChI=1S/C15H18BrNO4/c16-11-4-1-5-12(10-11)21-9-3-7-14(18)17-8-2-6-13(17)15(19)20/h1,4-5,10,13H,2-3,6-9H2,(H,19,20). The molecule has 1 N–H and O–H groups in total. The van der Waals surface area contributed by atoms with Crippen molar-refractivity contribution in [3.05, 3.63) is 28.7 Å². The lowest BCUT2D eigenvalue weighted by molar-refractivity contribution is -0.148. The highest BCUT2D eigenvalue weighted by Crippen LogP contribution is 2.20. The molecule has 1 aromatic carbocycles. The zero-order valence-corrected chi connectivity index (χ0v) is 13.2. The van der Waals surface area contributed by atoms with Crippen LogP contribution in [0.15, 0.2) is 28.7 Å². The average molecular weight is 356 g/mol. The zero-order valence-electron chi connectivity index (χ0n) is 11.6. The van der Waals surface area contributed by atoms with Crippen molar-refractivity contribution < 1.29 is 19.4 Å². The van der Waals surface area contributed by atoms with Gasteiger partial charge in [-0.15, -0.1) is 0 Å². The van der Waals surface area contributed by atoms with Gasteiger partial charge in [-0.2, -0.15) is 0 Å². The van der Waals surface area contributed by atoms with E-state index < -0.39 is 12.0 Å². The van der Waals surface area contributed by atoms with E-state index >= 15 is 0 Å². The van der Waals surface area contributed by atoms with Gasteiger partial charge in [-0.25, -0.2) is 4.79 Å². The molecule has 0 saturated carbocycles. The van der Waals surface area contributed by atoms with Crippen LogP contribution in [0.25, 0.3) is 0 Å². The van der Waals surface area contributed by atoms with Gasteiger partial charge < -0.3 is 14.7 Å². The Hall–Kier alpha value is -1.56. The van der Waals surface area contributed by atoms with Gasteiger partial charge in [0.25, 0.3) is 0 Å². The average Bonchev–Trinajstić information content (AvgIpc) is 2.93. The third kappa shape index (κ3) is 4.46. The fourth-order valence-corrected chi connectivity index (χ4v) is 2.81. The number of likely N-dealkylation sites (tertiary alicyclic amines) is 1. The summed E-state index contributed by atoms with van der Waals surface area (Å²) in [6, 6.07) is 6.86. The van der Waals surface area contributed by atoms with Crippen LogP contribution in [0.4, 0.5) is 0 Å². The third-order valence-electron chi connectivity index (χ3n) is 3.46. The number of amides is 1. The molecular weight excluding hydrogens is 338 g/mol. The number of hydrogen-bond donors (Lipinski definition) is 1. The van der Waals surface area contributed by atoms with Crippen LogP contribution in [-0.4, -0.2) is 41.1 Å². The molecule has 1 saturated heterocycles. The monoisotopic (exact) mass is 355 g/mol. The van der Waals surface area contributed by atoms with E-state index in [2.05, 4.69) is 15.9 Å². The van der Waals surface area contributed by atoms with Gasteiger partial charge >= 0.3 is 5.97 Å². The van der Waals surface area contributed by atoms with Gasteiger partial charge in [-0.1, -0.05) is 22.0 Å². The molecular formula is C15H18BrNO4. The minimum atomic E-state index is -0.911. The maximum absolute atomic E-state index is 12.0. The van der Waals surface area contributed by atoms with Crippen LogP contribution in [0.1, 0.15) is 25.7 Å². The lowest BCUT2D eigenvalue weighted by Crippen LogP contribution is -2.40. The second-order valence-corrected chi connectivity index (χ2v) is 5.91. The van der Waals surface area contributed by atoms with Crippen molar-refractivity contribution in [3.8, 4) is 5.75 Å². The number of ether oxygens (including phenoxy) is 1. The highest BCUT2D eigenvalue weighted by atomic mass is 79.9. The van der Waals surface area contributed by atoms with E-state index in [1.165, 1.54) is 4.90 Å². The lowest BCUT2D eigenvalue weighted by Gasteiger charge is -2.21. The van der Waals surface area contributed by atoms with E-state index in [4.69, 9.17) is 9.84 Å². The predicted octanol–water partition coefficient (Wildman–Crippen LogP) is 2.68. The molecule has 6 heteroatoms. The van der Waals surface area contributed by atoms with E-state index in [1.54, 1.807) is 0 Å². The summed E-state index contributed by atoms with van der Waals surface area (Å²) >= 11 is 3.36. The Morgan fingerprint density at radius 3 is 2.95 bits per heavy atom. The van der Waals surface area contributed by atoms with Crippen LogP contribution in [0.2, 0.25) is 0 Å². The summed E-state index contributed by atoms with van der Waals surface area (Å²) in [5.41, 5.74) is 0. The van der Waals surface area contributed by atoms with Crippen LogP contribution in [0.5, 0.6) is 5.75 Å². The van der Waals surface area contributed by atoms with Crippen molar-refractivity contribution in [3.63, 3.8) is 0 Å². The van der Waals surface area contributed by atoms with E-state index in [9.17, 15) is 9.59 Å². The van der Waals surface area contributed by atoms with Crippen LogP contribution >= 0.6 is 15.9 Å². The largest absolute Gasteiger partial charge is 0.494 e. The van der Waals surface area contributed by atoms with E-state index in [-0.39, 0.29) is 5.91 Å². The van der Waals surface area contributed by atoms with E-state index in [0.717, 1.165) is 16.6 Å². The van der Waals surface area contributed by atoms with Crippen LogP contribution in [0.3, 0.4) is 0 Å². The smallest absolute Gasteiger partial charge is 0.326 e. The van der Waals surface area contributed by atoms with Crippen molar-refractivity contribution in [2.24, 2.45) is 0 Å². The first-order chi connectivity index (χ1) is 10.1. The Bertz CT molecular complexity index is 520. The van der Waals surface area contributed by atoms with Gasteiger partial charge in [-0.3, -0.25) is 4.79 Å². The van der Waals surface area contributed by atoms with Gasteiger partial charge in [0.05, 0.1) is 6.61 Å². The van der Waals surface area contributed by atoms with Gasteiger partial charge in [0.1, 0.15) is 11.8 Å². The molecule has 1 heterocycles. The van der Waals surface area contributed by atoms with E-state index in [0.29, 0.717) is 32.4 Å². The Kier molecular flexibility index (Phi) is 5.61. The van der Waals surface area contributed by atoms with Gasteiger partial charge in [0.2, 0.25) is 5.91 Å². The number of carbonyl (C=O) groups excluding carboxylic acids is 1. The molecule has 1 atom stereocenters. The summed E-state index contributed by atoms with van der Waals surface area (Å²) < 4.78 is 6.50. The van der Waals surface area contributed by atoms with Crippen LogP contribution in [0, 0.1) is 0 Å². The number of nitrogens with zero attached hydrogens (tertiary/aromatic N) is 1. The fraction of sp³-hybridized carbons (Fsp3) is 0.467. The quantitative estimate of drug-likeness (QED) is 0.796. The third-order valence-corrected chi connectivity index (χ3v) is 3.95. The first kappa shape index (κ1) is 15.8. The van der Waals surface area contributed by atoms with Crippen molar-refractivity contribution in [1.82, 2.24) is 4.90 Å². The molecule has 0 aliphatic carbocycles. The molecule has 1 unspecified atom stereocenters. The lowest BCUT2D eigenvalue weighted by atomic mass is 10.2. The van der Waals surface area contributed by atoms with Crippen LogP contribution < -0.4 is 4.74 Å². The number of rotatable bonds is 6. The maximum atomic E-state index is 12.0. The summed E-state index contributed by atoms with van der Waals surface area (Å²) in [5, 5.41) is 9.06. The molecule has 114 valence electrons. The number of benzene rings is 1. The summed E-state index contributed by atoms with van der Waals surface area (Å²) in [4.78, 5) is 24.5. The van der Waals surface area contributed by atoms with Crippen LogP contribution in [-0.2, 0) is 9.59 Å². The summed E-state index contributed by atoms with van der Waals surface area (Å²) in [6.07, 6.45) is 2.21. The van der Waals surface area contributed by atoms with Crippen molar-refractivity contribution in [2.75, 3.05) is 13.2 Å². The molecule has 0 spiro atoms. The Morgan fingerprint density at radius 2 is 2.24 bits per heavy atom. The number of halogens is 1. The molecule has 1 aromatic rings. The fourth-order valence-electron chi connectivity index (χ4n) is 2.44. The van der Waals surface area contributed by atoms with Crippen molar-refractivity contribution in [1.29, 1.82) is 0 Å². The van der Waals surface area contributed by atoms with Gasteiger partial charge in [0.15, 0.2) is 0 Å². The Labute approximate surface area is 132 Å². The second-order valence-electron chi connectivity index (χ2n) is 4.99. The zero-order chi connectivity index (χ0) is 15.2. The molecule has 0 aromatic heterocycles. The molecule has 0 bridgehead atoms. The Balaban J connectivity index is 1.73. The number of carboxylic acid groups (broad SMARTS) is 1. The number of hydrogen-bond acceptors (Lipinski definition) is 3. The summed E-state index contributed by atoms with van der Waals surface area (Å²) in [5.74, 6) is -0.259. The number of carbonyl (C=O) groups is 2. The number of aliphatic carboxylic acids is 1. The topological polar surface area (TPSA) is 66.8 Å². The first-order valence-electron chi connectivity index (χ1n) is 6.98.